The van der Waals surface area contributed by atoms with E-state index in [1.54, 1.807) is 11.8 Å². The van der Waals surface area contributed by atoms with Crippen molar-refractivity contribution < 1.29 is 3.44 Å². The molecule has 0 spiro atoms. The number of thioether (sulfide) groups is 1. The monoisotopic (exact) mass is 260 g/mol. The molecule has 1 rings (SSSR count). The zero-order chi connectivity index (χ0) is 7.11. The molecule has 0 saturated carbocycles. The topological polar surface area (TPSA) is 44.6 Å². The lowest BCUT2D eigenvalue weighted by Gasteiger charge is -1.91. The van der Waals surface area contributed by atoms with Crippen LogP contribution in [0.1, 0.15) is 0 Å². The predicted molar refractivity (Wildman–Crippen MR) is 50.1 cm³/mol. The lowest BCUT2D eigenvalue weighted by atomic mass is 10.7. The highest BCUT2D eigenvalue weighted by molar-refractivity contribution is 14.1. The average molecular weight is 260 g/mol. The van der Waals surface area contributed by atoms with E-state index in [4.69, 9.17) is 3.44 Å². The fraction of sp³-hybridized carbons (Fsp3) is 0.750. The van der Waals surface area contributed by atoms with Crippen LogP contribution in [-0.2, 0) is 0 Å². The summed E-state index contributed by atoms with van der Waals surface area (Å²) in [7, 11) is 0. The van der Waals surface area contributed by atoms with E-state index < -0.39 is 0 Å². The highest BCUT2D eigenvalue weighted by Crippen LogP contribution is 1.97. The Morgan fingerprint density at radius 1 is 1.78 bits per heavy atom. The minimum Gasteiger partial charge on any atom is -0.363 e. The largest absolute Gasteiger partial charge is 0.363 e. The van der Waals surface area contributed by atoms with Crippen LogP contribution in [0.15, 0.2) is 4.99 Å². The van der Waals surface area contributed by atoms with Gasteiger partial charge >= 0.3 is 0 Å². The van der Waals surface area contributed by atoms with Crippen molar-refractivity contribution in [2.75, 3.05) is 19.3 Å². The van der Waals surface area contributed by atoms with Gasteiger partial charge in [0.25, 0.3) is 0 Å². The Morgan fingerprint density at radius 2 is 2.44 bits per heavy atom. The smallest absolute Gasteiger partial charge is 0.156 e. The molecule has 3 nitrogen and oxygen atoms in total. The van der Waals surface area contributed by atoms with Crippen molar-refractivity contribution in [1.29, 1.82) is 0 Å². The highest BCUT2D eigenvalue weighted by Gasteiger charge is 1.99. The number of hydrogen-bond acceptors (Lipinski definition) is 4. The molecule has 0 saturated heterocycles. The van der Waals surface area contributed by atoms with Crippen LogP contribution < -0.4 is 5.32 Å². The molecular formula is C4H9IN2OS. The third kappa shape index (κ3) is 3.99. The number of hydrogen-bond donors (Lipinski definition) is 2. The number of halogens is 1. The first-order valence-corrected chi connectivity index (χ1v) is 4.61. The number of rotatable bonds is 0. The van der Waals surface area contributed by atoms with Gasteiger partial charge in [0, 0.05) is 6.54 Å². The van der Waals surface area contributed by atoms with Crippen LogP contribution in [0, 0.1) is 0 Å². The van der Waals surface area contributed by atoms with E-state index in [1.165, 1.54) is 0 Å². The quantitative estimate of drug-likeness (QED) is 0.628. The van der Waals surface area contributed by atoms with E-state index in [0.29, 0.717) is 0 Å². The molecule has 0 radical (unpaired) electrons. The molecule has 0 fully saturated rings. The van der Waals surface area contributed by atoms with E-state index in [9.17, 15) is 0 Å². The van der Waals surface area contributed by atoms with Gasteiger partial charge in [0.05, 0.1) is 6.54 Å². The molecule has 1 heterocycles. The summed E-state index contributed by atoms with van der Waals surface area (Å²) < 4.78 is 6.97. The number of nitrogens with one attached hydrogen (secondary N) is 1. The molecule has 2 N–H and O–H groups in total. The van der Waals surface area contributed by atoms with Crippen LogP contribution in [0.2, 0.25) is 0 Å². The van der Waals surface area contributed by atoms with E-state index in [-0.39, 0.29) is 0 Å². The zero-order valence-electron chi connectivity index (χ0n) is 5.09. The molecule has 9 heavy (non-hydrogen) atoms. The molecule has 0 unspecified atom stereocenters. The molecule has 0 bridgehead atoms. The van der Waals surface area contributed by atoms with Crippen LogP contribution in [0.5, 0.6) is 0 Å². The first-order chi connectivity index (χ1) is 4.43. The summed E-state index contributed by atoms with van der Waals surface area (Å²) in [6, 6.07) is 0. The third-order valence-corrected chi connectivity index (χ3v) is 1.50. The lowest BCUT2D eigenvalue weighted by molar-refractivity contribution is 0.748. The minimum absolute atomic E-state index is 0.955. The van der Waals surface area contributed by atoms with Gasteiger partial charge in [-0.2, -0.15) is 0 Å². The fourth-order valence-corrected chi connectivity index (χ4v) is 0.980. The molecule has 0 amide bonds. The van der Waals surface area contributed by atoms with E-state index in [2.05, 4.69) is 10.3 Å². The maximum atomic E-state index is 6.97. The summed E-state index contributed by atoms with van der Waals surface area (Å²) in [5.74, 6) is 0. The van der Waals surface area contributed by atoms with Gasteiger partial charge in [0.1, 0.15) is 23.0 Å². The Balaban J connectivity index is 0.000000291. The summed E-state index contributed by atoms with van der Waals surface area (Å²) >= 11 is 2.82. The van der Waals surface area contributed by atoms with Gasteiger partial charge < -0.3 is 8.75 Å². The Bertz CT molecular complexity index is 98.6. The maximum absolute atomic E-state index is 6.97. The average Bonchev–Trinajstić information content (AvgIpc) is 2.43. The van der Waals surface area contributed by atoms with Gasteiger partial charge in [-0.1, -0.05) is 11.8 Å². The third-order valence-electron chi connectivity index (χ3n) is 0.837. The number of nitrogens with zero attached hydrogens (tertiary/aromatic N) is 1. The van der Waals surface area contributed by atoms with E-state index >= 15 is 0 Å². The van der Waals surface area contributed by atoms with Crippen molar-refractivity contribution >= 4 is 39.9 Å². The SMILES string of the molecule is CSC1=NCCN1.OI. The summed E-state index contributed by atoms with van der Waals surface area (Å²) in [5.41, 5.74) is 0. The van der Waals surface area contributed by atoms with Crippen molar-refractivity contribution in [2.24, 2.45) is 4.99 Å². The Labute approximate surface area is 73.0 Å². The summed E-state index contributed by atoms with van der Waals surface area (Å²) in [4.78, 5) is 4.12. The molecule has 0 aromatic carbocycles. The number of aliphatic imine (C=N–C) groups is 1. The van der Waals surface area contributed by atoms with Crippen LogP contribution in [0.3, 0.4) is 0 Å². The first-order valence-electron chi connectivity index (χ1n) is 2.42. The summed E-state index contributed by atoms with van der Waals surface area (Å²) in [6.45, 7) is 1.98. The number of amidine groups is 1. The predicted octanol–water partition coefficient (Wildman–Crippen LogP) is 0.637. The van der Waals surface area contributed by atoms with Crippen molar-refractivity contribution in [3.63, 3.8) is 0 Å². The zero-order valence-corrected chi connectivity index (χ0v) is 8.07. The van der Waals surface area contributed by atoms with Crippen molar-refractivity contribution in [3.05, 3.63) is 0 Å². The van der Waals surface area contributed by atoms with Crippen molar-refractivity contribution in [3.8, 4) is 0 Å². The van der Waals surface area contributed by atoms with Crippen molar-refractivity contribution in [2.45, 2.75) is 0 Å². The van der Waals surface area contributed by atoms with Gasteiger partial charge in [0.2, 0.25) is 0 Å². The van der Waals surface area contributed by atoms with Gasteiger partial charge in [-0.25, -0.2) is 0 Å². The summed E-state index contributed by atoms with van der Waals surface area (Å²) in [5, 5.41) is 4.20. The minimum atomic E-state index is 0.955. The molecule has 0 aromatic rings. The Kier molecular flexibility index (Phi) is 7.00. The molecule has 1 aliphatic heterocycles. The second-order valence-electron chi connectivity index (χ2n) is 1.32. The van der Waals surface area contributed by atoms with Crippen molar-refractivity contribution in [1.82, 2.24) is 5.32 Å². The second-order valence-corrected chi connectivity index (χ2v) is 2.11. The molecule has 0 aromatic heterocycles. The Hall–Kier alpha value is 0.510. The molecular weight excluding hydrogens is 251 g/mol. The Morgan fingerprint density at radius 3 is 2.67 bits per heavy atom. The molecule has 0 aliphatic carbocycles. The normalized spacial score (nSPS) is 15.2. The van der Waals surface area contributed by atoms with E-state index in [1.807, 2.05) is 6.26 Å². The molecule has 5 heteroatoms. The van der Waals surface area contributed by atoms with Gasteiger partial charge in [0.15, 0.2) is 5.17 Å². The van der Waals surface area contributed by atoms with Crippen LogP contribution in [0.25, 0.3) is 0 Å². The van der Waals surface area contributed by atoms with Gasteiger partial charge in [-0.05, 0) is 6.26 Å². The highest BCUT2D eigenvalue weighted by atomic mass is 127. The van der Waals surface area contributed by atoms with Crippen LogP contribution >= 0.6 is 34.8 Å². The van der Waals surface area contributed by atoms with Crippen LogP contribution in [0.4, 0.5) is 0 Å². The lowest BCUT2D eigenvalue weighted by Crippen LogP contribution is -2.14. The standard InChI is InChI=1S/C4H8N2S.HIO/c1-7-4-5-2-3-6-4;1-2/h2-3H2,1H3,(H,5,6);2H. The molecule has 54 valence electrons. The molecule has 0 atom stereocenters. The van der Waals surface area contributed by atoms with Gasteiger partial charge in [-0.15, -0.1) is 0 Å². The fourth-order valence-electron chi connectivity index (χ4n) is 0.513. The van der Waals surface area contributed by atoms with E-state index in [0.717, 1.165) is 41.3 Å². The molecule has 1 aliphatic rings. The second kappa shape index (κ2) is 6.63. The van der Waals surface area contributed by atoms with Gasteiger partial charge in [-0.3, -0.25) is 4.99 Å². The first kappa shape index (κ1) is 9.51. The summed E-state index contributed by atoms with van der Waals surface area (Å²) in [6.07, 6.45) is 2.02. The van der Waals surface area contributed by atoms with Crippen LogP contribution in [-0.4, -0.2) is 27.9 Å². The maximum Gasteiger partial charge on any atom is 0.156 e.